The predicted molar refractivity (Wildman–Crippen MR) is 147 cm³/mol. The van der Waals surface area contributed by atoms with Gasteiger partial charge >= 0.3 is 22.3 Å². The molecular formula is C22H26N8O12S2. The summed E-state index contributed by atoms with van der Waals surface area (Å²) >= 11 is 0.917. The first-order valence-corrected chi connectivity index (χ1v) is 14.9. The van der Waals surface area contributed by atoms with Crippen molar-refractivity contribution >= 4 is 56.3 Å². The van der Waals surface area contributed by atoms with E-state index in [2.05, 4.69) is 26.1 Å². The number of carbonyl (C=O) groups excluding carboxylic acids is 3. The van der Waals surface area contributed by atoms with E-state index in [1.54, 1.807) is 0 Å². The van der Waals surface area contributed by atoms with E-state index in [0.29, 0.717) is 12.8 Å². The Morgan fingerprint density at radius 2 is 1.89 bits per heavy atom. The van der Waals surface area contributed by atoms with Gasteiger partial charge in [-0.3, -0.25) is 18.9 Å². The molecule has 0 bridgehead atoms. The van der Waals surface area contributed by atoms with Gasteiger partial charge in [0.25, 0.3) is 11.8 Å². The lowest BCUT2D eigenvalue weighted by Crippen LogP contribution is -2.74. The van der Waals surface area contributed by atoms with Crippen LogP contribution >= 0.6 is 11.3 Å². The normalized spacial score (nSPS) is 19.6. The molecule has 2 aromatic heterocycles. The van der Waals surface area contributed by atoms with E-state index < -0.39 is 81.9 Å². The second-order valence-electron chi connectivity index (χ2n) is 9.66. The Morgan fingerprint density at radius 3 is 2.48 bits per heavy atom. The Balaban J connectivity index is 1.49. The number of thiazole rings is 1. The van der Waals surface area contributed by atoms with E-state index >= 15 is 0 Å². The minimum atomic E-state index is -5.15. The molecule has 3 heterocycles. The lowest BCUT2D eigenvalue weighted by molar-refractivity contribution is -0.165. The monoisotopic (exact) mass is 658 g/mol. The maximum atomic E-state index is 13.3. The van der Waals surface area contributed by atoms with Gasteiger partial charge in [-0.15, -0.1) is 11.3 Å². The lowest BCUT2D eigenvalue weighted by Gasteiger charge is -2.44. The van der Waals surface area contributed by atoms with Gasteiger partial charge in [-0.05, 0) is 12.8 Å². The number of oxime groups is 1. The second-order valence-corrected chi connectivity index (χ2v) is 11.8. The third-order valence-electron chi connectivity index (χ3n) is 6.77. The quantitative estimate of drug-likeness (QED) is 0.0424. The first-order valence-electron chi connectivity index (χ1n) is 12.6. The molecule has 1 aliphatic heterocycles. The number of β-lactam (4-membered cyclic amide) rings is 1. The van der Waals surface area contributed by atoms with Gasteiger partial charge in [-0.1, -0.05) is 5.16 Å². The van der Waals surface area contributed by atoms with Gasteiger partial charge in [0.2, 0.25) is 11.5 Å². The van der Waals surface area contributed by atoms with Crippen molar-refractivity contribution in [2.24, 2.45) is 5.16 Å². The molecular weight excluding hydrogens is 632 g/mol. The highest BCUT2D eigenvalue weighted by Gasteiger charge is 2.54. The van der Waals surface area contributed by atoms with Crippen molar-refractivity contribution in [1.82, 2.24) is 30.0 Å². The summed E-state index contributed by atoms with van der Waals surface area (Å²) in [6.45, 7) is -1.13. The molecule has 4 rings (SSSR count). The highest BCUT2D eigenvalue weighted by Crippen LogP contribution is 2.34. The zero-order valence-electron chi connectivity index (χ0n) is 22.4. The molecule has 2 aliphatic rings. The summed E-state index contributed by atoms with van der Waals surface area (Å²) in [6, 6.07) is -2.55. The van der Waals surface area contributed by atoms with Crippen molar-refractivity contribution < 1.29 is 52.4 Å². The highest BCUT2D eigenvalue weighted by molar-refractivity contribution is 7.84. The van der Waals surface area contributed by atoms with Gasteiger partial charge < -0.3 is 41.9 Å². The number of nitrogens with one attached hydrogen (secondary N) is 3. The van der Waals surface area contributed by atoms with E-state index in [1.807, 2.05) is 0 Å². The average molecular weight is 659 g/mol. The fraction of sp³-hybridized carbons (Fsp3) is 0.409. The molecule has 2 atom stereocenters. The van der Waals surface area contributed by atoms with Gasteiger partial charge in [0, 0.05) is 36.9 Å². The fourth-order valence-electron chi connectivity index (χ4n) is 4.55. The predicted octanol–water partition coefficient (Wildman–Crippen LogP) is -2.05. The van der Waals surface area contributed by atoms with Crippen LogP contribution in [0.2, 0.25) is 0 Å². The SMILES string of the molecule is Nc1nc(C(=NOC2(C(=O)O)CCCC2)C(=O)N[C@@H]2C(=O)N(S(=O)(=O)O)[C@H]2CNC(=O)NCc2cc(=O)cc(O)n2O)cs1. The average Bonchev–Trinajstić information content (AvgIpc) is 3.60. The first-order chi connectivity index (χ1) is 20.6. The molecule has 2 fully saturated rings. The molecule has 0 radical (unpaired) electrons. The van der Waals surface area contributed by atoms with Gasteiger partial charge in [0.15, 0.2) is 16.3 Å². The summed E-state index contributed by atoms with van der Waals surface area (Å²) in [7, 11) is -5.15. The number of pyridine rings is 1. The van der Waals surface area contributed by atoms with Gasteiger partial charge in [-0.2, -0.15) is 13.1 Å². The number of nitrogen functional groups attached to an aromatic ring is 1. The Kier molecular flexibility index (Phi) is 8.96. The molecule has 0 aromatic carbocycles. The van der Waals surface area contributed by atoms with E-state index in [9.17, 15) is 52.4 Å². The maximum absolute atomic E-state index is 13.3. The number of nitrogens with two attached hydrogens (primary N) is 1. The number of aromatic nitrogens is 2. The Morgan fingerprint density at radius 1 is 1.20 bits per heavy atom. The summed E-state index contributed by atoms with van der Waals surface area (Å²) in [5.41, 5.74) is 2.35. The summed E-state index contributed by atoms with van der Waals surface area (Å²) in [5.74, 6) is -4.50. The molecule has 9 N–H and O–H groups in total. The molecule has 238 valence electrons. The number of carbonyl (C=O) groups is 4. The third-order valence-corrected chi connectivity index (χ3v) is 8.39. The van der Waals surface area contributed by atoms with Gasteiger partial charge in [0.05, 0.1) is 18.3 Å². The number of aromatic hydroxyl groups is 1. The number of carboxylic acid groups (broad SMARTS) is 1. The lowest BCUT2D eigenvalue weighted by atomic mass is 9.98. The van der Waals surface area contributed by atoms with E-state index in [0.717, 1.165) is 23.5 Å². The number of hydrogen-bond acceptors (Lipinski definition) is 14. The number of amides is 4. The summed E-state index contributed by atoms with van der Waals surface area (Å²) in [5, 5.41) is 40.7. The Labute approximate surface area is 250 Å². The van der Waals surface area contributed by atoms with Crippen molar-refractivity contribution in [3.63, 3.8) is 0 Å². The maximum Gasteiger partial charge on any atom is 0.362 e. The van der Waals surface area contributed by atoms with Gasteiger partial charge in [-0.25, -0.2) is 18.9 Å². The zero-order valence-corrected chi connectivity index (χ0v) is 24.0. The molecule has 1 saturated heterocycles. The summed E-state index contributed by atoms with van der Waals surface area (Å²) in [6.07, 6.45) is 1.29. The molecule has 22 heteroatoms. The smallest absolute Gasteiger partial charge is 0.362 e. The minimum absolute atomic E-state index is 0.0172. The number of aliphatic carboxylic acids is 1. The molecule has 1 aliphatic carbocycles. The number of hydrogen-bond donors (Lipinski definition) is 8. The summed E-state index contributed by atoms with van der Waals surface area (Å²) in [4.78, 5) is 70.9. The summed E-state index contributed by atoms with van der Waals surface area (Å²) < 4.78 is 33.5. The third kappa shape index (κ3) is 6.65. The van der Waals surface area contributed by atoms with Crippen LogP contribution in [0.15, 0.2) is 27.5 Å². The first kappa shape index (κ1) is 32.0. The van der Waals surface area contributed by atoms with Crippen molar-refractivity contribution in [2.75, 3.05) is 12.3 Å². The molecule has 20 nitrogen and oxygen atoms in total. The van der Waals surface area contributed by atoms with E-state index in [1.165, 1.54) is 5.38 Å². The highest BCUT2D eigenvalue weighted by atomic mass is 32.2. The largest absolute Gasteiger partial charge is 0.492 e. The molecule has 0 spiro atoms. The van der Waals surface area contributed by atoms with Crippen LogP contribution in [-0.4, -0.2) is 96.2 Å². The number of urea groups is 1. The van der Waals surface area contributed by atoms with Crippen molar-refractivity contribution in [3.8, 4) is 5.88 Å². The molecule has 0 unspecified atom stereocenters. The van der Waals surface area contributed by atoms with Crippen LogP contribution < -0.4 is 27.1 Å². The van der Waals surface area contributed by atoms with Crippen LogP contribution in [0.4, 0.5) is 9.93 Å². The van der Waals surface area contributed by atoms with Crippen molar-refractivity contribution in [1.29, 1.82) is 0 Å². The van der Waals surface area contributed by atoms with Crippen LogP contribution in [0.25, 0.3) is 0 Å². The molecule has 2 aromatic rings. The van der Waals surface area contributed by atoms with Crippen LogP contribution in [-0.2, 0) is 36.1 Å². The molecule has 44 heavy (non-hydrogen) atoms. The Hall–Kier alpha value is -4.96. The number of carboxylic acids is 1. The fourth-order valence-corrected chi connectivity index (χ4v) is 5.98. The van der Waals surface area contributed by atoms with Crippen LogP contribution in [0.5, 0.6) is 5.88 Å². The molecule has 4 amide bonds. The standard InChI is InChI=1S/C22H26N8O12S2/c23-20-26-12(9-43-20)15(28-42-22(19(35)36)3-1-2-4-22)17(33)27-16-13(30(18(16)34)44(39,40)41)8-25-21(37)24-7-10-5-11(31)6-14(32)29(10)38/h5-6,9,13,16,32,38H,1-4,7-8H2,(H2,23,26)(H,27,33)(H,35,36)(H2,24,25,37)(H,39,40,41)/t13-,16-/m0/s1. The Bertz CT molecular complexity index is 1680. The van der Waals surface area contributed by atoms with Crippen molar-refractivity contribution in [2.45, 2.75) is 49.9 Å². The van der Waals surface area contributed by atoms with Crippen LogP contribution in [0, 0.1) is 0 Å². The number of rotatable bonds is 11. The van der Waals surface area contributed by atoms with E-state index in [-0.39, 0.29) is 38.4 Å². The molecule has 1 saturated carbocycles. The topological polar surface area (TPSA) is 305 Å². The minimum Gasteiger partial charge on any atom is -0.492 e. The number of anilines is 1. The number of nitrogens with zero attached hydrogens (tertiary/aromatic N) is 4. The van der Waals surface area contributed by atoms with E-state index in [4.69, 9.17) is 10.6 Å². The van der Waals surface area contributed by atoms with Crippen LogP contribution in [0.1, 0.15) is 37.1 Å². The zero-order chi connectivity index (χ0) is 32.4. The van der Waals surface area contributed by atoms with Crippen LogP contribution in [0.3, 0.4) is 0 Å². The second kappa shape index (κ2) is 12.3. The van der Waals surface area contributed by atoms with Gasteiger partial charge in [0.1, 0.15) is 11.7 Å². The van der Waals surface area contributed by atoms with Crippen molar-refractivity contribution in [3.05, 3.63) is 39.1 Å².